The Labute approximate surface area is 110 Å². The molecule has 0 bridgehead atoms. The van der Waals surface area contributed by atoms with E-state index in [2.05, 4.69) is 4.98 Å². The first-order valence-corrected chi connectivity index (χ1v) is 5.40. The first kappa shape index (κ1) is 13.6. The quantitative estimate of drug-likeness (QED) is 0.749. The van der Waals surface area contributed by atoms with Gasteiger partial charge in [0.05, 0.1) is 10.6 Å². The van der Waals surface area contributed by atoms with Gasteiger partial charge in [0.1, 0.15) is 5.75 Å². The molecular weight excluding hydrogens is 286 g/mol. The van der Waals surface area contributed by atoms with Gasteiger partial charge >= 0.3 is 6.18 Å². The molecule has 0 radical (unpaired) electrons. The van der Waals surface area contributed by atoms with Crippen LogP contribution < -0.4 is 4.74 Å². The van der Waals surface area contributed by atoms with E-state index in [0.29, 0.717) is 0 Å². The van der Waals surface area contributed by atoms with Crippen molar-refractivity contribution in [2.75, 3.05) is 0 Å². The third-order valence-corrected chi connectivity index (χ3v) is 2.38. The molecule has 0 spiro atoms. The summed E-state index contributed by atoms with van der Waals surface area (Å²) in [6, 6.07) is 4.83. The number of benzene rings is 1. The van der Waals surface area contributed by atoms with Crippen LogP contribution >= 0.6 is 11.6 Å². The van der Waals surface area contributed by atoms with Gasteiger partial charge in [0, 0.05) is 6.20 Å². The molecule has 0 saturated carbocycles. The summed E-state index contributed by atoms with van der Waals surface area (Å²) in [5.74, 6) is -1.11. The number of hydrogen-bond donors (Lipinski definition) is 0. The second kappa shape index (κ2) is 5.05. The van der Waals surface area contributed by atoms with Gasteiger partial charge in [-0.2, -0.15) is 13.2 Å². The highest BCUT2D eigenvalue weighted by Crippen LogP contribution is 2.31. The van der Waals surface area contributed by atoms with Gasteiger partial charge in [-0.3, -0.25) is 0 Å². The van der Waals surface area contributed by atoms with Crippen LogP contribution in [0, 0.1) is 5.82 Å². The Balaban J connectivity index is 2.20. The van der Waals surface area contributed by atoms with Crippen molar-refractivity contribution in [1.82, 2.24) is 4.98 Å². The molecule has 1 aromatic heterocycles. The molecule has 2 rings (SSSR count). The van der Waals surface area contributed by atoms with Crippen LogP contribution in [0.25, 0.3) is 0 Å². The molecule has 0 unspecified atom stereocenters. The molecule has 0 aliphatic heterocycles. The standard InChI is InChI=1S/C12H6ClF4NO/c13-8-5-10(14)11(18-6-8)19-9-3-1-7(2-4-9)12(15,16)17/h1-6H. The van der Waals surface area contributed by atoms with E-state index in [0.717, 1.165) is 30.3 Å². The van der Waals surface area contributed by atoms with Gasteiger partial charge in [0.15, 0.2) is 5.82 Å². The highest BCUT2D eigenvalue weighted by molar-refractivity contribution is 6.30. The zero-order valence-electron chi connectivity index (χ0n) is 9.21. The molecule has 19 heavy (non-hydrogen) atoms. The Bertz CT molecular complexity index is 583. The van der Waals surface area contributed by atoms with Crippen LogP contribution in [-0.4, -0.2) is 4.98 Å². The third-order valence-electron chi connectivity index (χ3n) is 2.17. The van der Waals surface area contributed by atoms with Gasteiger partial charge in [0.25, 0.3) is 5.88 Å². The summed E-state index contributed by atoms with van der Waals surface area (Å²) in [6.07, 6.45) is -3.26. The van der Waals surface area contributed by atoms with Gasteiger partial charge in [-0.25, -0.2) is 9.37 Å². The SMILES string of the molecule is Fc1cc(Cl)cnc1Oc1ccc(C(F)(F)F)cc1. The van der Waals surface area contributed by atoms with Gasteiger partial charge < -0.3 is 4.74 Å². The molecule has 2 nitrogen and oxygen atoms in total. The van der Waals surface area contributed by atoms with Gasteiger partial charge in [-0.05, 0) is 30.3 Å². The molecule has 0 fully saturated rings. The molecule has 0 atom stereocenters. The fourth-order valence-electron chi connectivity index (χ4n) is 1.30. The second-order valence-electron chi connectivity index (χ2n) is 3.56. The monoisotopic (exact) mass is 291 g/mol. The molecule has 1 heterocycles. The Morgan fingerprint density at radius 3 is 2.26 bits per heavy atom. The minimum absolute atomic E-state index is 0.0433. The lowest BCUT2D eigenvalue weighted by Gasteiger charge is -2.08. The van der Waals surface area contributed by atoms with Crippen molar-refractivity contribution in [1.29, 1.82) is 0 Å². The van der Waals surface area contributed by atoms with E-state index in [1.165, 1.54) is 6.20 Å². The van der Waals surface area contributed by atoms with Crippen LogP contribution in [0.4, 0.5) is 17.6 Å². The van der Waals surface area contributed by atoms with Crippen molar-refractivity contribution >= 4 is 11.6 Å². The molecule has 0 aliphatic carbocycles. The van der Waals surface area contributed by atoms with Crippen LogP contribution in [0.5, 0.6) is 11.6 Å². The predicted molar refractivity (Wildman–Crippen MR) is 60.7 cm³/mol. The topological polar surface area (TPSA) is 22.1 Å². The summed E-state index contributed by atoms with van der Waals surface area (Å²) in [4.78, 5) is 3.59. The lowest BCUT2D eigenvalue weighted by atomic mass is 10.2. The predicted octanol–water partition coefficient (Wildman–Crippen LogP) is 4.69. The first-order chi connectivity index (χ1) is 8.86. The molecule has 0 saturated heterocycles. The minimum atomic E-state index is -4.43. The third kappa shape index (κ3) is 3.35. The Hall–Kier alpha value is -1.82. The number of ether oxygens (including phenoxy) is 1. The summed E-state index contributed by atoms with van der Waals surface area (Å²) in [6.45, 7) is 0. The normalized spacial score (nSPS) is 11.4. The van der Waals surface area contributed by atoms with Crippen LogP contribution in [0.1, 0.15) is 5.56 Å². The average molecular weight is 292 g/mol. The van der Waals surface area contributed by atoms with Crippen molar-refractivity contribution in [2.24, 2.45) is 0 Å². The van der Waals surface area contributed by atoms with Crippen LogP contribution in [-0.2, 0) is 6.18 Å². The first-order valence-electron chi connectivity index (χ1n) is 5.02. The number of alkyl halides is 3. The highest BCUT2D eigenvalue weighted by atomic mass is 35.5. The lowest BCUT2D eigenvalue weighted by molar-refractivity contribution is -0.137. The zero-order chi connectivity index (χ0) is 14.0. The number of rotatable bonds is 2. The van der Waals surface area contributed by atoms with E-state index in [1.807, 2.05) is 0 Å². The van der Waals surface area contributed by atoms with E-state index in [9.17, 15) is 17.6 Å². The van der Waals surface area contributed by atoms with Gasteiger partial charge in [0.2, 0.25) is 0 Å². The van der Waals surface area contributed by atoms with Crippen molar-refractivity contribution in [3.8, 4) is 11.6 Å². The number of nitrogens with zero attached hydrogens (tertiary/aromatic N) is 1. The zero-order valence-corrected chi connectivity index (χ0v) is 9.97. The number of halogens is 5. The summed E-state index contributed by atoms with van der Waals surface area (Å²) in [5.41, 5.74) is -0.815. The fourth-order valence-corrected chi connectivity index (χ4v) is 1.45. The van der Waals surface area contributed by atoms with E-state index in [4.69, 9.17) is 16.3 Å². The number of pyridine rings is 1. The summed E-state index contributed by atoms with van der Waals surface area (Å²) in [7, 11) is 0. The second-order valence-corrected chi connectivity index (χ2v) is 4.00. The van der Waals surface area contributed by atoms with Crippen molar-refractivity contribution in [2.45, 2.75) is 6.18 Å². The molecular formula is C12H6ClF4NO. The highest BCUT2D eigenvalue weighted by Gasteiger charge is 2.30. The molecule has 2 aromatic rings. The number of aromatic nitrogens is 1. The van der Waals surface area contributed by atoms with Crippen LogP contribution in [0.3, 0.4) is 0 Å². The Morgan fingerprint density at radius 2 is 1.74 bits per heavy atom. The van der Waals surface area contributed by atoms with Crippen LogP contribution in [0.2, 0.25) is 5.02 Å². The molecule has 0 aliphatic rings. The van der Waals surface area contributed by atoms with Crippen molar-refractivity contribution in [3.05, 3.63) is 52.9 Å². The molecule has 0 N–H and O–H groups in total. The minimum Gasteiger partial charge on any atom is -0.436 e. The van der Waals surface area contributed by atoms with E-state index in [1.54, 1.807) is 0 Å². The van der Waals surface area contributed by atoms with E-state index >= 15 is 0 Å². The fraction of sp³-hybridized carbons (Fsp3) is 0.0833. The summed E-state index contributed by atoms with van der Waals surface area (Å²) >= 11 is 5.51. The van der Waals surface area contributed by atoms with E-state index in [-0.39, 0.29) is 16.7 Å². The molecule has 7 heteroatoms. The summed E-state index contributed by atoms with van der Waals surface area (Å²) < 4.78 is 55.4. The van der Waals surface area contributed by atoms with Gasteiger partial charge in [-0.1, -0.05) is 11.6 Å². The maximum absolute atomic E-state index is 13.4. The van der Waals surface area contributed by atoms with Crippen molar-refractivity contribution in [3.63, 3.8) is 0 Å². The lowest BCUT2D eigenvalue weighted by Crippen LogP contribution is -2.04. The van der Waals surface area contributed by atoms with E-state index < -0.39 is 17.6 Å². The Morgan fingerprint density at radius 1 is 1.11 bits per heavy atom. The molecule has 1 aromatic carbocycles. The number of hydrogen-bond acceptors (Lipinski definition) is 2. The largest absolute Gasteiger partial charge is 0.436 e. The van der Waals surface area contributed by atoms with Crippen molar-refractivity contribution < 1.29 is 22.3 Å². The molecule has 0 amide bonds. The smallest absolute Gasteiger partial charge is 0.416 e. The molecule has 100 valence electrons. The average Bonchev–Trinajstić information content (AvgIpc) is 2.32. The van der Waals surface area contributed by atoms with Gasteiger partial charge in [-0.15, -0.1) is 0 Å². The van der Waals surface area contributed by atoms with Crippen LogP contribution in [0.15, 0.2) is 36.5 Å². The summed E-state index contributed by atoms with van der Waals surface area (Å²) in [5, 5.41) is 0.0947. The maximum Gasteiger partial charge on any atom is 0.416 e. The maximum atomic E-state index is 13.4. The Kier molecular flexibility index (Phi) is 3.61.